The normalized spacial score (nSPS) is 17.9. The van der Waals surface area contributed by atoms with Crippen molar-refractivity contribution in [1.82, 2.24) is 15.1 Å². The number of aryl methyl sites for hydroxylation is 1. The van der Waals surface area contributed by atoms with Crippen LogP contribution in [0.2, 0.25) is 0 Å². The molecule has 1 aliphatic heterocycles. The molecule has 0 bridgehead atoms. The molecule has 2 aromatic rings. The molecule has 1 unspecified atom stereocenters. The summed E-state index contributed by atoms with van der Waals surface area (Å²) < 4.78 is 0. The Bertz CT molecular complexity index is 1020. The average molecular weight is 418 g/mol. The summed E-state index contributed by atoms with van der Waals surface area (Å²) in [6.45, 7) is 6.22. The molecule has 7 nitrogen and oxygen atoms in total. The molecule has 7 heteroatoms. The SMILES string of the molecule is CCCN(Cc1ccc(C)cc1)C(=O)CN1C(=O)NC(C)(c2ccc(C#N)cc2)C1=O. The first-order chi connectivity index (χ1) is 14.8. The number of carbonyl (C=O) groups excluding carboxylic acids is 3. The zero-order chi connectivity index (χ0) is 22.6. The van der Waals surface area contributed by atoms with Crippen molar-refractivity contribution in [2.24, 2.45) is 0 Å². The minimum atomic E-state index is -1.28. The molecule has 1 fully saturated rings. The minimum Gasteiger partial charge on any atom is -0.337 e. The second kappa shape index (κ2) is 9.00. The Hall–Kier alpha value is -3.66. The van der Waals surface area contributed by atoms with Gasteiger partial charge in [-0.2, -0.15) is 5.26 Å². The lowest BCUT2D eigenvalue weighted by atomic mass is 9.91. The van der Waals surface area contributed by atoms with Gasteiger partial charge in [0.15, 0.2) is 0 Å². The number of urea groups is 1. The molecule has 1 N–H and O–H groups in total. The molecule has 1 saturated heterocycles. The Kier molecular flexibility index (Phi) is 6.40. The van der Waals surface area contributed by atoms with Crippen LogP contribution >= 0.6 is 0 Å². The summed E-state index contributed by atoms with van der Waals surface area (Å²) in [7, 11) is 0. The number of nitrogens with zero attached hydrogens (tertiary/aromatic N) is 3. The minimum absolute atomic E-state index is 0.282. The van der Waals surface area contributed by atoms with Crippen LogP contribution in [0.4, 0.5) is 4.79 Å². The van der Waals surface area contributed by atoms with Crippen molar-refractivity contribution in [1.29, 1.82) is 5.26 Å². The number of hydrogen-bond acceptors (Lipinski definition) is 4. The van der Waals surface area contributed by atoms with E-state index < -0.39 is 17.5 Å². The lowest BCUT2D eigenvalue weighted by Gasteiger charge is -2.25. The number of benzene rings is 2. The number of carbonyl (C=O) groups is 3. The van der Waals surface area contributed by atoms with E-state index in [-0.39, 0.29) is 12.5 Å². The second-order valence-corrected chi connectivity index (χ2v) is 7.94. The highest BCUT2D eigenvalue weighted by molar-refractivity contribution is 6.09. The standard InChI is InChI=1S/C24H26N4O3/c1-4-13-27(15-19-7-5-17(2)6-8-19)21(29)16-28-22(30)24(3,26-23(28)31)20-11-9-18(14-25)10-12-20/h5-12H,4,13,15-16H2,1-3H3,(H,26,31). The molecule has 0 aromatic heterocycles. The molecule has 0 saturated carbocycles. The predicted octanol–water partition coefficient (Wildman–Crippen LogP) is 3.07. The van der Waals surface area contributed by atoms with E-state index in [1.54, 1.807) is 36.1 Å². The van der Waals surface area contributed by atoms with Crippen molar-refractivity contribution in [3.63, 3.8) is 0 Å². The number of amides is 4. The molecule has 160 valence electrons. The quantitative estimate of drug-likeness (QED) is 0.699. The molecular weight excluding hydrogens is 392 g/mol. The van der Waals surface area contributed by atoms with Gasteiger partial charge in [-0.15, -0.1) is 0 Å². The molecule has 31 heavy (non-hydrogen) atoms. The molecule has 1 aliphatic rings. The fourth-order valence-electron chi connectivity index (χ4n) is 3.63. The van der Waals surface area contributed by atoms with E-state index in [9.17, 15) is 14.4 Å². The average Bonchev–Trinajstić information content (AvgIpc) is 2.98. The zero-order valence-corrected chi connectivity index (χ0v) is 18.0. The lowest BCUT2D eigenvalue weighted by Crippen LogP contribution is -2.44. The van der Waals surface area contributed by atoms with Crippen LogP contribution < -0.4 is 5.32 Å². The van der Waals surface area contributed by atoms with Crippen LogP contribution in [0, 0.1) is 18.3 Å². The van der Waals surface area contributed by atoms with Gasteiger partial charge in [-0.25, -0.2) is 4.79 Å². The van der Waals surface area contributed by atoms with E-state index in [1.165, 1.54) is 0 Å². The van der Waals surface area contributed by atoms with E-state index in [4.69, 9.17) is 5.26 Å². The number of nitriles is 1. The van der Waals surface area contributed by atoms with Gasteiger partial charge in [0.1, 0.15) is 12.1 Å². The molecule has 4 amide bonds. The Morgan fingerprint density at radius 1 is 1.13 bits per heavy atom. The number of nitrogens with one attached hydrogen (secondary N) is 1. The maximum Gasteiger partial charge on any atom is 0.325 e. The summed E-state index contributed by atoms with van der Waals surface area (Å²) in [5.74, 6) is -0.766. The van der Waals surface area contributed by atoms with Gasteiger partial charge < -0.3 is 10.2 Å². The van der Waals surface area contributed by atoms with Crippen molar-refractivity contribution in [3.8, 4) is 6.07 Å². The predicted molar refractivity (Wildman–Crippen MR) is 116 cm³/mol. The maximum absolute atomic E-state index is 13.1. The smallest absolute Gasteiger partial charge is 0.325 e. The Balaban J connectivity index is 1.75. The summed E-state index contributed by atoms with van der Waals surface area (Å²) in [4.78, 5) is 41.3. The first-order valence-corrected chi connectivity index (χ1v) is 10.3. The fraction of sp³-hybridized carbons (Fsp3) is 0.333. The maximum atomic E-state index is 13.1. The van der Waals surface area contributed by atoms with Gasteiger partial charge in [-0.1, -0.05) is 48.9 Å². The molecule has 3 rings (SSSR count). The van der Waals surface area contributed by atoms with Gasteiger partial charge in [0.25, 0.3) is 5.91 Å². The van der Waals surface area contributed by atoms with E-state index in [1.807, 2.05) is 44.2 Å². The van der Waals surface area contributed by atoms with Gasteiger partial charge in [0.05, 0.1) is 11.6 Å². The zero-order valence-electron chi connectivity index (χ0n) is 18.0. The van der Waals surface area contributed by atoms with E-state index in [0.29, 0.717) is 24.2 Å². The first kappa shape index (κ1) is 22.0. The summed E-state index contributed by atoms with van der Waals surface area (Å²) in [6, 6.07) is 15.8. The van der Waals surface area contributed by atoms with Gasteiger partial charge in [0.2, 0.25) is 5.91 Å². The van der Waals surface area contributed by atoms with Crippen LogP contribution in [0.15, 0.2) is 48.5 Å². The van der Waals surface area contributed by atoms with Crippen molar-refractivity contribution in [2.75, 3.05) is 13.1 Å². The van der Waals surface area contributed by atoms with E-state index in [2.05, 4.69) is 5.32 Å². The third kappa shape index (κ3) is 4.58. The summed E-state index contributed by atoms with van der Waals surface area (Å²) in [6.07, 6.45) is 0.765. The second-order valence-electron chi connectivity index (χ2n) is 7.94. The third-order valence-electron chi connectivity index (χ3n) is 5.50. The highest BCUT2D eigenvalue weighted by atomic mass is 16.2. The lowest BCUT2D eigenvalue weighted by molar-refractivity contribution is -0.139. The molecular formula is C24H26N4O3. The van der Waals surface area contributed by atoms with Gasteiger partial charge in [0, 0.05) is 13.1 Å². The number of hydrogen-bond donors (Lipinski definition) is 1. The third-order valence-corrected chi connectivity index (χ3v) is 5.50. The largest absolute Gasteiger partial charge is 0.337 e. The Morgan fingerprint density at radius 2 is 1.77 bits per heavy atom. The van der Waals surface area contributed by atoms with Gasteiger partial charge in [-0.3, -0.25) is 14.5 Å². The van der Waals surface area contributed by atoms with E-state index in [0.717, 1.165) is 22.4 Å². The Morgan fingerprint density at radius 3 is 2.35 bits per heavy atom. The molecule has 0 radical (unpaired) electrons. The van der Waals surface area contributed by atoms with Gasteiger partial charge >= 0.3 is 6.03 Å². The molecule has 1 atom stereocenters. The van der Waals surface area contributed by atoms with Crippen molar-refractivity contribution < 1.29 is 14.4 Å². The van der Waals surface area contributed by atoms with Crippen molar-refractivity contribution >= 4 is 17.8 Å². The fourth-order valence-corrected chi connectivity index (χ4v) is 3.63. The highest BCUT2D eigenvalue weighted by Crippen LogP contribution is 2.29. The topological polar surface area (TPSA) is 93.5 Å². The highest BCUT2D eigenvalue weighted by Gasteiger charge is 2.49. The molecule has 2 aromatic carbocycles. The van der Waals surface area contributed by atoms with Crippen molar-refractivity contribution in [3.05, 3.63) is 70.8 Å². The first-order valence-electron chi connectivity index (χ1n) is 10.3. The number of imide groups is 1. The Labute approximate surface area is 182 Å². The van der Waals surface area contributed by atoms with Crippen LogP contribution in [0.1, 0.15) is 42.5 Å². The summed E-state index contributed by atoms with van der Waals surface area (Å²) in [5.41, 5.74) is 1.87. The number of rotatable bonds is 7. The molecule has 0 spiro atoms. The van der Waals surface area contributed by atoms with Crippen LogP contribution in [-0.2, 0) is 21.7 Å². The van der Waals surface area contributed by atoms with Crippen LogP contribution in [-0.4, -0.2) is 40.7 Å². The summed E-state index contributed by atoms with van der Waals surface area (Å²) >= 11 is 0. The monoisotopic (exact) mass is 418 g/mol. The summed E-state index contributed by atoms with van der Waals surface area (Å²) in [5, 5.41) is 11.7. The van der Waals surface area contributed by atoms with Crippen molar-refractivity contribution in [2.45, 2.75) is 39.3 Å². The van der Waals surface area contributed by atoms with Crippen LogP contribution in [0.5, 0.6) is 0 Å². The molecule has 0 aliphatic carbocycles. The van der Waals surface area contributed by atoms with E-state index >= 15 is 0 Å². The van der Waals surface area contributed by atoms with Crippen LogP contribution in [0.3, 0.4) is 0 Å². The van der Waals surface area contributed by atoms with Crippen LogP contribution in [0.25, 0.3) is 0 Å². The molecule has 1 heterocycles. The van der Waals surface area contributed by atoms with Gasteiger partial charge in [-0.05, 0) is 43.5 Å².